The fourth-order valence-electron chi connectivity index (χ4n) is 2.86. The summed E-state index contributed by atoms with van der Waals surface area (Å²) in [6.45, 7) is 2.39. The van der Waals surface area contributed by atoms with E-state index < -0.39 is 22.0 Å². The van der Waals surface area contributed by atoms with Crippen LogP contribution < -0.4 is 10.0 Å². The zero-order valence-corrected chi connectivity index (χ0v) is 16.5. The molecule has 1 fully saturated rings. The molecule has 0 aromatic heterocycles. The summed E-state index contributed by atoms with van der Waals surface area (Å²) in [4.78, 5) is 23.4. The summed E-state index contributed by atoms with van der Waals surface area (Å²) >= 11 is 0. The van der Waals surface area contributed by atoms with Gasteiger partial charge in [-0.05, 0) is 30.7 Å². The van der Waals surface area contributed by atoms with E-state index in [1.54, 1.807) is 12.1 Å². The first-order chi connectivity index (χ1) is 12.9. The quantitative estimate of drug-likeness (QED) is 0.442. The summed E-state index contributed by atoms with van der Waals surface area (Å²) in [6.07, 6.45) is 7.46. The summed E-state index contributed by atoms with van der Waals surface area (Å²) < 4.78 is 31.7. The number of carbonyl (C=O) groups is 2. The second-order valence-corrected chi connectivity index (χ2v) is 8.43. The van der Waals surface area contributed by atoms with Crippen LogP contribution in [-0.2, 0) is 24.3 Å². The number of carbonyl (C=O) groups excluding carboxylic acids is 2. The Morgan fingerprint density at radius 2 is 1.78 bits per heavy atom. The molecule has 1 aromatic carbocycles. The number of rotatable bonds is 11. The van der Waals surface area contributed by atoms with Crippen molar-refractivity contribution in [2.45, 2.75) is 69.2 Å². The summed E-state index contributed by atoms with van der Waals surface area (Å²) in [5.74, 6) is -0.634. The Morgan fingerprint density at radius 3 is 2.41 bits per heavy atom. The van der Waals surface area contributed by atoms with Gasteiger partial charge >= 0.3 is 5.97 Å². The number of hydrogen-bond acceptors (Lipinski definition) is 5. The third kappa shape index (κ3) is 6.95. The van der Waals surface area contributed by atoms with Crippen molar-refractivity contribution in [1.82, 2.24) is 4.72 Å². The Bertz CT molecular complexity index is 731. The maximum absolute atomic E-state index is 12.3. The highest BCUT2D eigenvalue weighted by atomic mass is 32.2. The smallest absolute Gasteiger partial charge is 0.324 e. The molecule has 1 aliphatic heterocycles. The molecule has 8 heteroatoms. The Hall–Kier alpha value is -1.93. The lowest BCUT2D eigenvalue weighted by atomic mass is 10.1. The van der Waals surface area contributed by atoms with Crippen LogP contribution in [0.15, 0.2) is 29.2 Å². The highest BCUT2D eigenvalue weighted by Gasteiger charge is 2.31. The van der Waals surface area contributed by atoms with Crippen LogP contribution in [0.25, 0.3) is 0 Å². The SMILES string of the molecule is CCCCCCCCC(=O)Nc1ccc(S(=O)(=O)NC2CCOC2=O)cc1. The number of ether oxygens (including phenoxy) is 1. The third-order valence-corrected chi connectivity index (χ3v) is 5.93. The van der Waals surface area contributed by atoms with Gasteiger partial charge in [0, 0.05) is 18.5 Å². The molecule has 2 rings (SSSR count). The summed E-state index contributed by atoms with van der Waals surface area (Å²) in [6, 6.07) is 5.06. The van der Waals surface area contributed by atoms with E-state index in [1.807, 2.05) is 0 Å². The van der Waals surface area contributed by atoms with Gasteiger partial charge in [0.2, 0.25) is 15.9 Å². The molecule has 0 spiro atoms. The normalized spacial score (nSPS) is 16.9. The lowest BCUT2D eigenvalue weighted by molar-refractivity contribution is -0.139. The Balaban J connectivity index is 1.80. The van der Waals surface area contributed by atoms with Gasteiger partial charge in [0.1, 0.15) is 6.04 Å². The Morgan fingerprint density at radius 1 is 1.11 bits per heavy atom. The van der Waals surface area contributed by atoms with Crippen LogP contribution in [-0.4, -0.2) is 32.9 Å². The van der Waals surface area contributed by atoms with Crippen LogP contribution in [0.5, 0.6) is 0 Å². The zero-order chi connectivity index (χ0) is 19.7. The Labute approximate surface area is 160 Å². The lowest BCUT2D eigenvalue weighted by Crippen LogP contribution is -2.37. The molecule has 1 atom stereocenters. The highest BCUT2D eigenvalue weighted by Crippen LogP contribution is 2.17. The van der Waals surface area contributed by atoms with Crippen LogP contribution in [0.1, 0.15) is 58.3 Å². The summed E-state index contributed by atoms with van der Waals surface area (Å²) in [5, 5.41) is 2.77. The van der Waals surface area contributed by atoms with Gasteiger partial charge in [-0.2, -0.15) is 4.72 Å². The Kier molecular flexibility index (Phi) is 8.24. The molecule has 0 saturated carbocycles. The maximum atomic E-state index is 12.3. The molecule has 0 aliphatic carbocycles. The average molecular weight is 397 g/mol. The van der Waals surface area contributed by atoms with E-state index in [0.29, 0.717) is 18.5 Å². The van der Waals surface area contributed by atoms with E-state index in [0.717, 1.165) is 19.3 Å². The minimum atomic E-state index is -3.81. The molecule has 1 heterocycles. The standard InChI is InChI=1S/C19H28N2O5S/c1-2-3-4-5-6-7-8-18(22)20-15-9-11-16(12-10-15)27(24,25)21-17-13-14-26-19(17)23/h9-12,17,21H,2-8,13-14H2,1H3,(H,20,22). The van der Waals surface area contributed by atoms with Crippen LogP contribution in [0.3, 0.4) is 0 Å². The number of esters is 1. The molecule has 1 aromatic rings. The van der Waals surface area contributed by atoms with Crippen molar-refractivity contribution in [2.75, 3.05) is 11.9 Å². The minimum Gasteiger partial charge on any atom is -0.464 e. The van der Waals surface area contributed by atoms with Crippen molar-refractivity contribution in [3.05, 3.63) is 24.3 Å². The maximum Gasteiger partial charge on any atom is 0.324 e. The van der Waals surface area contributed by atoms with E-state index >= 15 is 0 Å². The first kappa shape index (κ1) is 21.4. The third-order valence-electron chi connectivity index (χ3n) is 4.44. The predicted molar refractivity (Wildman–Crippen MR) is 103 cm³/mol. The zero-order valence-electron chi connectivity index (χ0n) is 15.7. The van der Waals surface area contributed by atoms with Crippen LogP contribution in [0, 0.1) is 0 Å². The van der Waals surface area contributed by atoms with Crippen molar-refractivity contribution in [2.24, 2.45) is 0 Å². The molecular weight excluding hydrogens is 368 g/mol. The molecule has 0 bridgehead atoms. The molecule has 1 saturated heterocycles. The van der Waals surface area contributed by atoms with E-state index in [2.05, 4.69) is 17.0 Å². The first-order valence-electron chi connectivity index (χ1n) is 9.51. The van der Waals surface area contributed by atoms with Crippen molar-refractivity contribution < 1.29 is 22.7 Å². The largest absolute Gasteiger partial charge is 0.464 e. The molecule has 1 unspecified atom stereocenters. The van der Waals surface area contributed by atoms with Gasteiger partial charge in [-0.15, -0.1) is 0 Å². The van der Waals surface area contributed by atoms with Gasteiger partial charge in [-0.1, -0.05) is 39.0 Å². The average Bonchev–Trinajstić information content (AvgIpc) is 3.02. The highest BCUT2D eigenvalue weighted by molar-refractivity contribution is 7.89. The molecule has 1 amide bonds. The molecule has 27 heavy (non-hydrogen) atoms. The van der Waals surface area contributed by atoms with Crippen LogP contribution >= 0.6 is 0 Å². The molecular formula is C19H28N2O5S. The van der Waals surface area contributed by atoms with Crippen molar-refractivity contribution in [3.63, 3.8) is 0 Å². The number of amides is 1. The summed E-state index contributed by atoms with van der Waals surface area (Å²) in [7, 11) is -3.81. The first-order valence-corrected chi connectivity index (χ1v) is 11.0. The van der Waals surface area contributed by atoms with E-state index in [4.69, 9.17) is 4.74 Å². The van der Waals surface area contributed by atoms with Gasteiger partial charge < -0.3 is 10.1 Å². The van der Waals surface area contributed by atoms with Gasteiger partial charge in [-0.3, -0.25) is 9.59 Å². The van der Waals surface area contributed by atoms with E-state index in [-0.39, 0.29) is 17.4 Å². The molecule has 150 valence electrons. The van der Waals surface area contributed by atoms with E-state index in [9.17, 15) is 18.0 Å². The van der Waals surface area contributed by atoms with Crippen molar-refractivity contribution in [1.29, 1.82) is 0 Å². The lowest BCUT2D eigenvalue weighted by Gasteiger charge is -2.11. The van der Waals surface area contributed by atoms with Crippen LogP contribution in [0.2, 0.25) is 0 Å². The monoisotopic (exact) mass is 396 g/mol. The summed E-state index contributed by atoms with van der Waals surface area (Å²) in [5.41, 5.74) is 0.546. The second-order valence-electron chi connectivity index (χ2n) is 6.72. The van der Waals surface area contributed by atoms with Gasteiger partial charge in [0.05, 0.1) is 11.5 Å². The molecule has 0 radical (unpaired) electrons. The molecule has 7 nitrogen and oxygen atoms in total. The molecule has 2 N–H and O–H groups in total. The number of benzene rings is 1. The van der Waals surface area contributed by atoms with Crippen molar-refractivity contribution in [3.8, 4) is 0 Å². The number of hydrogen-bond donors (Lipinski definition) is 2. The van der Waals surface area contributed by atoms with Gasteiger partial charge in [0.15, 0.2) is 0 Å². The topological polar surface area (TPSA) is 102 Å². The number of sulfonamides is 1. The van der Waals surface area contributed by atoms with Crippen LogP contribution in [0.4, 0.5) is 5.69 Å². The van der Waals surface area contributed by atoms with E-state index in [1.165, 1.54) is 31.4 Å². The molecule has 1 aliphatic rings. The number of unbranched alkanes of at least 4 members (excludes halogenated alkanes) is 5. The number of nitrogens with one attached hydrogen (secondary N) is 2. The number of cyclic esters (lactones) is 1. The fourth-order valence-corrected chi connectivity index (χ4v) is 4.08. The van der Waals surface area contributed by atoms with Gasteiger partial charge in [-0.25, -0.2) is 8.42 Å². The van der Waals surface area contributed by atoms with Gasteiger partial charge in [0.25, 0.3) is 0 Å². The fraction of sp³-hybridized carbons (Fsp3) is 0.579. The predicted octanol–water partition coefficient (Wildman–Crippen LogP) is 2.97. The minimum absolute atomic E-state index is 0.0381. The van der Waals surface area contributed by atoms with Crippen molar-refractivity contribution >= 4 is 27.6 Å². The second kappa shape index (κ2) is 10.4. The number of anilines is 1.